The Morgan fingerprint density at radius 3 is 2.62 bits per heavy atom. The summed E-state index contributed by atoms with van der Waals surface area (Å²) in [6.45, 7) is 4.06. The van der Waals surface area contributed by atoms with Crippen LogP contribution in [-0.4, -0.2) is 11.9 Å². The van der Waals surface area contributed by atoms with Gasteiger partial charge in [0.05, 0.1) is 16.8 Å². The Labute approximate surface area is 101 Å². The Kier molecular flexibility index (Phi) is 4.77. The van der Waals surface area contributed by atoms with E-state index in [0.29, 0.717) is 23.0 Å². The van der Waals surface area contributed by atoms with Gasteiger partial charge >= 0.3 is 0 Å². The van der Waals surface area contributed by atoms with Crippen LogP contribution in [0.5, 0.6) is 0 Å². The molecule has 3 nitrogen and oxygen atoms in total. The number of nitrogens with one attached hydrogen (secondary N) is 1. The molecule has 4 heteroatoms. The molecule has 0 saturated carbocycles. The van der Waals surface area contributed by atoms with Crippen LogP contribution in [0.15, 0.2) is 24.3 Å². The molecule has 1 aromatic rings. The molecule has 0 aliphatic carbocycles. The molecule has 0 radical (unpaired) electrons. The van der Waals surface area contributed by atoms with E-state index in [1.54, 1.807) is 12.1 Å². The molecule has 16 heavy (non-hydrogen) atoms. The van der Waals surface area contributed by atoms with Gasteiger partial charge in [0.15, 0.2) is 0 Å². The lowest BCUT2D eigenvalue weighted by Gasteiger charge is -2.14. The molecule has 1 amide bonds. The van der Waals surface area contributed by atoms with Crippen molar-refractivity contribution in [1.82, 2.24) is 0 Å². The lowest BCUT2D eigenvalue weighted by molar-refractivity contribution is -0.117. The molecule has 0 fully saturated rings. The Morgan fingerprint density at radius 2 is 2.06 bits per heavy atom. The smallest absolute Gasteiger partial charge is 0.241 e. The summed E-state index contributed by atoms with van der Waals surface area (Å²) in [7, 11) is 0. The fourth-order valence-corrected chi connectivity index (χ4v) is 1.59. The van der Waals surface area contributed by atoms with Crippen LogP contribution in [0.2, 0.25) is 5.02 Å². The standard InChI is InChI=1S/C12H17ClN2O/c1-8(2)7-10(14)12(16)15-11-6-4-3-5-9(11)13/h3-6,8,10H,7,14H2,1-2H3,(H,15,16)/t10-/m1/s1. The zero-order valence-corrected chi connectivity index (χ0v) is 10.3. The number of carbonyl (C=O) groups is 1. The number of carbonyl (C=O) groups excluding carboxylic acids is 1. The van der Waals surface area contributed by atoms with Crippen molar-refractivity contribution in [2.75, 3.05) is 5.32 Å². The summed E-state index contributed by atoms with van der Waals surface area (Å²) >= 11 is 5.92. The predicted octanol–water partition coefficient (Wildman–Crippen LogP) is 2.65. The van der Waals surface area contributed by atoms with Crippen LogP contribution in [0.4, 0.5) is 5.69 Å². The highest BCUT2D eigenvalue weighted by atomic mass is 35.5. The third-order valence-corrected chi connectivity index (χ3v) is 2.52. The lowest BCUT2D eigenvalue weighted by Crippen LogP contribution is -2.36. The van der Waals surface area contributed by atoms with Crippen LogP contribution in [0.3, 0.4) is 0 Å². The van der Waals surface area contributed by atoms with E-state index in [0.717, 1.165) is 0 Å². The van der Waals surface area contributed by atoms with Gasteiger partial charge in [-0.3, -0.25) is 4.79 Å². The molecule has 0 spiro atoms. The summed E-state index contributed by atoms with van der Waals surface area (Å²) in [6, 6.07) is 6.62. The van der Waals surface area contributed by atoms with Gasteiger partial charge in [-0.1, -0.05) is 37.6 Å². The van der Waals surface area contributed by atoms with Gasteiger partial charge < -0.3 is 11.1 Å². The van der Waals surface area contributed by atoms with Crippen LogP contribution in [0.1, 0.15) is 20.3 Å². The van der Waals surface area contributed by atoms with Crippen molar-refractivity contribution < 1.29 is 4.79 Å². The molecule has 0 saturated heterocycles. The normalized spacial score (nSPS) is 12.6. The van der Waals surface area contributed by atoms with E-state index >= 15 is 0 Å². The van der Waals surface area contributed by atoms with E-state index < -0.39 is 6.04 Å². The highest BCUT2D eigenvalue weighted by Gasteiger charge is 2.15. The summed E-state index contributed by atoms with van der Waals surface area (Å²) in [5.41, 5.74) is 6.37. The summed E-state index contributed by atoms with van der Waals surface area (Å²) < 4.78 is 0. The molecular weight excluding hydrogens is 224 g/mol. The van der Waals surface area contributed by atoms with Crippen LogP contribution < -0.4 is 11.1 Å². The zero-order chi connectivity index (χ0) is 12.1. The molecule has 1 aromatic carbocycles. The average Bonchev–Trinajstić information content (AvgIpc) is 2.20. The summed E-state index contributed by atoms with van der Waals surface area (Å²) in [5, 5.41) is 3.24. The summed E-state index contributed by atoms with van der Waals surface area (Å²) in [5.74, 6) is 0.203. The lowest BCUT2D eigenvalue weighted by atomic mass is 10.0. The second-order valence-electron chi connectivity index (χ2n) is 4.21. The van der Waals surface area contributed by atoms with E-state index in [1.165, 1.54) is 0 Å². The van der Waals surface area contributed by atoms with Gasteiger partial charge in [-0.25, -0.2) is 0 Å². The fraction of sp³-hybridized carbons (Fsp3) is 0.417. The molecular formula is C12H17ClN2O. The minimum absolute atomic E-state index is 0.193. The first-order valence-electron chi connectivity index (χ1n) is 5.31. The number of hydrogen-bond acceptors (Lipinski definition) is 2. The van der Waals surface area contributed by atoms with Gasteiger partial charge in [0, 0.05) is 0 Å². The van der Waals surface area contributed by atoms with Gasteiger partial charge in [-0.15, -0.1) is 0 Å². The van der Waals surface area contributed by atoms with Gasteiger partial charge in [-0.05, 0) is 24.5 Å². The molecule has 0 aromatic heterocycles. The average molecular weight is 241 g/mol. The molecule has 1 atom stereocenters. The maximum Gasteiger partial charge on any atom is 0.241 e. The molecule has 0 aliphatic rings. The number of halogens is 1. The zero-order valence-electron chi connectivity index (χ0n) is 9.53. The van der Waals surface area contributed by atoms with Crippen LogP contribution >= 0.6 is 11.6 Å². The number of benzene rings is 1. The number of hydrogen-bond donors (Lipinski definition) is 2. The van der Waals surface area contributed by atoms with Crippen molar-refractivity contribution in [3.8, 4) is 0 Å². The van der Waals surface area contributed by atoms with Gasteiger partial charge in [0.2, 0.25) is 5.91 Å². The third-order valence-electron chi connectivity index (χ3n) is 2.19. The van der Waals surface area contributed by atoms with Gasteiger partial charge in [0.1, 0.15) is 0 Å². The maximum absolute atomic E-state index is 11.7. The molecule has 0 unspecified atom stereocenters. The van der Waals surface area contributed by atoms with Crippen molar-refractivity contribution >= 4 is 23.2 Å². The molecule has 1 rings (SSSR count). The van der Waals surface area contributed by atoms with Crippen molar-refractivity contribution in [2.24, 2.45) is 11.7 Å². The number of amides is 1. The Balaban J connectivity index is 2.61. The summed E-state index contributed by atoms with van der Waals surface area (Å²) in [4.78, 5) is 11.7. The topological polar surface area (TPSA) is 55.1 Å². The van der Waals surface area contributed by atoms with Gasteiger partial charge in [0.25, 0.3) is 0 Å². The van der Waals surface area contributed by atoms with E-state index in [2.05, 4.69) is 5.32 Å². The van der Waals surface area contributed by atoms with E-state index in [9.17, 15) is 4.79 Å². The quantitative estimate of drug-likeness (QED) is 0.850. The predicted molar refractivity (Wildman–Crippen MR) is 67.5 cm³/mol. The minimum Gasteiger partial charge on any atom is -0.323 e. The van der Waals surface area contributed by atoms with Gasteiger partial charge in [-0.2, -0.15) is 0 Å². The van der Waals surface area contributed by atoms with Crippen molar-refractivity contribution in [2.45, 2.75) is 26.3 Å². The molecule has 0 heterocycles. The van der Waals surface area contributed by atoms with Crippen molar-refractivity contribution in [3.05, 3.63) is 29.3 Å². The highest BCUT2D eigenvalue weighted by Crippen LogP contribution is 2.20. The Bertz CT molecular complexity index is 366. The second kappa shape index (κ2) is 5.87. The van der Waals surface area contributed by atoms with Crippen molar-refractivity contribution in [3.63, 3.8) is 0 Å². The molecule has 3 N–H and O–H groups in total. The number of anilines is 1. The number of rotatable bonds is 4. The SMILES string of the molecule is CC(C)C[C@@H](N)C(=O)Nc1ccccc1Cl. The molecule has 88 valence electrons. The van der Waals surface area contributed by atoms with Crippen LogP contribution in [-0.2, 0) is 4.79 Å². The van der Waals surface area contributed by atoms with E-state index in [1.807, 2.05) is 26.0 Å². The largest absolute Gasteiger partial charge is 0.323 e. The number of para-hydroxylation sites is 1. The monoisotopic (exact) mass is 240 g/mol. The minimum atomic E-state index is -0.490. The first-order chi connectivity index (χ1) is 7.50. The summed E-state index contributed by atoms with van der Waals surface area (Å²) in [6.07, 6.45) is 0.663. The van der Waals surface area contributed by atoms with E-state index in [4.69, 9.17) is 17.3 Å². The number of nitrogens with two attached hydrogens (primary N) is 1. The Hall–Kier alpha value is -1.06. The van der Waals surface area contributed by atoms with Crippen molar-refractivity contribution in [1.29, 1.82) is 0 Å². The third kappa shape index (κ3) is 3.83. The second-order valence-corrected chi connectivity index (χ2v) is 4.61. The Morgan fingerprint density at radius 1 is 1.44 bits per heavy atom. The first-order valence-corrected chi connectivity index (χ1v) is 5.69. The van der Waals surface area contributed by atoms with Crippen LogP contribution in [0.25, 0.3) is 0 Å². The van der Waals surface area contributed by atoms with Crippen LogP contribution in [0, 0.1) is 5.92 Å². The highest BCUT2D eigenvalue weighted by molar-refractivity contribution is 6.33. The maximum atomic E-state index is 11.7. The molecule has 0 bridgehead atoms. The van der Waals surface area contributed by atoms with E-state index in [-0.39, 0.29) is 5.91 Å². The molecule has 0 aliphatic heterocycles. The first kappa shape index (κ1) is 13.0. The fourth-order valence-electron chi connectivity index (χ4n) is 1.40.